The summed E-state index contributed by atoms with van der Waals surface area (Å²) in [7, 11) is 0. The molecule has 5 nitrogen and oxygen atoms in total. The maximum atomic E-state index is 5.80. The van der Waals surface area contributed by atoms with E-state index in [2.05, 4.69) is 36.2 Å². The van der Waals surface area contributed by atoms with Gasteiger partial charge in [-0.25, -0.2) is 0 Å². The van der Waals surface area contributed by atoms with Crippen molar-refractivity contribution >= 4 is 12.2 Å². The van der Waals surface area contributed by atoms with E-state index in [4.69, 9.17) is 16.2 Å². The molecule has 0 atom stereocenters. The minimum absolute atomic E-state index is 0.0685. The van der Waals surface area contributed by atoms with Crippen molar-refractivity contribution in [2.75, 3.05) is 0 Å². The van der Waals surface area contributed by atoms with Crippen LogP contribution in [0.3, 0.4) is 0 Å². The van der Waals surface area contributed by atoms with E-state index >= 15 is 0 Å². The van der Waals surface area contributed by atoms with Crippen molar-refractivity contribution in [1.29, 1.82) is 0 Å². The fraction of sp³-hybridized carbons (Fsp3) is 0.176. The highest BCUT2D eigenvalue weighted by molar-refractivity contribution is 5.81. The number of hydrogen-bond donors (Lipinski definition) is 2. The zero-order valence-corrected chi connectivity index (χ0v) is 12.7. The fourth-order valence-corrected chi connectivity index (χ4v) is 1.84. The zero-order chi connectivity index (χ0) is 15.9. The van der Waals surface area contributed by atoms with Crippen molar-refractivity contribution in [2.24, 2.45) is 21.7 Å². The molecule has 0 saturated heterocycles. The van der Waals surface area contributed by atoms with Crippen LogP contribution in [0.2, 0.25) is 0 Å². The Balaban J connectivity index is 2.01. The second-order valence-corrected chi connectivity index (χ2v) is 5.16. The highest BCUT2D eigenvalue weighted by Gasteiger charge is 2.01. The monoisotopic (exact) mass is 296 g/mol. The minimum Gasteiger partial charge on any atom is -0.457 e. The molecule has 2 rings (SSSR count). The molecule has 114 valence electrons. The van der Waals surface area contributed by atoms with Crippen molar-refractivity contribution in [2.45, 2.75) is 19.8 Å². The maximum absolute atomic E-state index is 5.80. The van der Waals surface area contributed by atoms with E-state index in [0.717, 1.165) is 17.1 Å². The summed E-state index contributed by atoms with van der Waals surface area (Å²) in [5.74, 6) is 2.02. The van der Waals surface area contributed by atoms with Crippen LogP contribution in [0.4, 0.5) is 0 Å². The first-order chi connectivity index (χ1) is 10.5. The van der Waals surface area contributed by atoms with Gasteiger partial charge in [0.1, 0.15) is 11.5 Å². The molecule has 0 aliphatic rings. The molecule has 2 aromatic carbocycles. The van der Waals surface area contributed by atoms with Gasteiger partial charge in [0.25, 0.3) is 0 Å². The van der Waals surface area contributed by atoms with Crippen LogP contribution in [-0.2, 0) is 0 Å². The van der Waals surface area contributed by atoms with Gasteiger partial charge in [0, 0.05) is 0 Å². The summed E-state index contributed by atoms with van der Waals surface area (Å²) in [6, 6.07) is 15.6. The van der Waals surface area contributed by atoms with Gasteiger partial charge in [-0.1, -0.05) is 26.0 Å². The Bertz CT molecular complexity index is 654. The molecule has 2 aromatic rings. The van der Waals surface area contributed by atoms with Crippen LogP contribution in [0.5, 0.6) is 11.5 Å². The van der Waals surface area contributed by atoms with Gasteiger partial charge >= 0.3 is 0 Å². The highest BCUT2D eigenvalue weighted by Crippen LogP contribution is 2.24. The smallest absolute Gasteiger partial charge is 0.211 e. The van der Waals surface area contributed by atoms with Crippen LogP contribution in [0, 0.1) is 0 Å². The van der Waals surface area contributed by atoms with Crippen LogP contribution in [-0.4, -0.2) is 12.2 Å². The zero-order valence-electron chi connectivity index (χ0n) is 12.7. The number of guanidine groups is 1. The van der Waals surface area contributed by atoms with Gasteiger partial charge in [0.2, 0.25) is 5.96 Å². The number of rotatable bonds is 5. The van der Waals surface area contributed by atoms with E-state index in [0.29, 0.717) is 5.92 Å². The second-order valence-electron chi connectivity index (χ2n) is 5.16. The summed E-state index contributed by atoms with van der Waals surface area (Å²) < 4.78 is 5.80. The third-order valence-corrected chi connectivity index (χ3v) is 3.04. The summed E-state index contributed by atoms with van der Waals surface area (Å²) in [6.07, 6.45) is 1.57. The Hall–Kier alpha value is -2.82. The van der Waals surface area contributed by atoms with Crippen LogP contribution in [0.25, 0.3) is 0 Å². The van der Waals surface area contributed by atoms with Crippen molar-refractivity contribution in [3.8, 4) is 11.5 Å². The first kappa shape index (κ1) is 15.6. The van der Waals surface area contributed by atoms with Gasteiger partial charge in [-0.15, -0.1) is 5.10 Å². The molecular weight excluding hydrogens is 276 g/mol. The predicted molar refractivity (Wildman–Crippen MR) is 90.5 cm³/mol. The predicted octanol–water partition coefficient (Wildman–Crippen LogP) is 3.21. The largest absolute Gasteiger partial charge is 0.457 e. The lowest BCUT2D eigenvalue weighted by Gasteiger charge is -2.08. The average molecular weight is 296 g/mol. The van der Waals surface area contributed by atoms with Crippen molar-refractivity contribution in [3.05, 3.63) is 59.7 Å². The van der Waals surface area contributed by atoms with Gasteiger partial charge in [0.15, 0.2) is 0 Å². The Kier molecular flexibility index (Phi) is 5.14. The summed E-state index contributed by atoms with van der Waals surface area (Å²) >= 11 is 0. The van der Waals surface area contributed by atoms with E-state index in [9.17, 15) is 0 Å². The first-order valence-corrected chi connectivity index (χ1v) is 7.04. The highest BCUT2D eigenvalue weighted by atomic mass is 16.5. The minimum atomic E-state index is -0.0685. The lowest BCUT2D eigenvalue weighted by Crippen LogP contribution is -2.21. The lowest BCUT2D eigenvalue weighted by molar-refractivity contribution is 0.482. The van der Waals surface area contributed by atoms with Gasteiger partial charge in [-0.3, -0.25) is 0 Å². The molecule has 0 unspecified atom stereocenters. The van der Waals surface area contributed by atoms with E-state index in [-0.39, 0.29) is 5.96 Å². The Morgan fingerprint density at radius 1 is 0.955 bits per heavy atom. The Labute approximate surface area is 130 Å². The van der Waals surface area contributed by atoms with E-state index in [1.807, 2.05) is 36.4 Å². The molecule has 0 bridgehead atoms. The quantitative estimate of drug-likeness (QED) is 0.504. The summed E-state index contributed by atoms with van der Waals surface area (Å²) in [4.78, 5) is 0. The SMILES string of the molecule is CC(C)c1ccc(Oc2ccc(C=NN=C(N)N)cc2)cc1. The molecule has 0 aliphatic heterocycles. The Morgan fingerprint density at radius 3 is 2.00 bits per heavy atom. The van der Waals surface area contributed by atoms with Crippen LogP contribution in [0.15, 0.2) is 58.7 Å². The molecule has 4 N–H and O–H groups in total. The third-order valence-electron chi connectivity index (χ3n) is 3.04. The van der Waals surface area contributed by atoms with Crippen molar-refractivity contribution in [3.63, 3.8) is 0 Å². The molecule has 5 heteroatoms. The summed E-state index contributed by atoms with van der Waals surface area (Å²) in [5, 5.41) is 7.30. The maximum Gasteiger partial charge on any atom is 0.211 e. The molecule has 0 aliphatic carbocycles. The molecule has 0 saturated carbocycles. The molecule has 0 amide bonds. The lowest BCUT2D eigenvalue weighted by atomic mass is 10.0. The molecule has 22 heavy (non-hydrogen) atoms. The summed E-state index contributed by atoms with van der Waals surface area (Å²) in [5.41, 5.74) is 12.6. The topological polar surface area (TPSA) is 86.0 Å². The van der Waals surface area contributed by atoms with Crippen LogP contribution >= 0.6 is 0 Å². The fourth-order valence-electron chi connectivity index (χ4n) is 1.84. The normalized spacial score (nSPS) is 10.9. The van der Waals surface area contributed by atoms with Crippen molar-refractivity contribution < 1.29 is 4.74 Å². The number of benzene rings is 2. The molecule has 0 heterocycles. The number of ether oxygens (including phenoxy) is 1. The van der Waals surface area contributed by atoms with Crippen LogP contribution in [0.1, 0.15) is 30.9 Å². The van der Waals surface area contributed by atoms with E-state index in [1.165, 1.54) is 5.56 Å². The molecular formula is C17H20N4O. The molecule has 0 fully saturated rings. The number of nitrogens with two attached hydrogens (primary N) is 2. The standard InChI is InChI=1S/C17H20N4O/c1-12(2)14-5-9-16(10-6-14)22-15-7-3-13(4-8-15)11-20-21-17(18)19/h3-12H,1-2H3,(H4,18,19,21). The van der Waals surface area contributed by atoms with Crippen molar-refractivity contribution in [1.82, 2.24) is 0 Å². The Morgan fingerprint density at radius 2 is 1.50 bits per heavy atom. The first-order valence-electron chi connectivity index (χ1n) is 7.04. The second kappa shape index (κ2) is 7.26. The van der Waals surface area contributed by atoms with E-state index < -0.39 is 0 Å². The molecule has 0 spiro atoms. The van der Waals surface area contributed by atoms with Crippen LogP contribution < -0.4 is 16.2 Å². The number of nitrogens with zero attached hydrogens (tertiary/aromatic N) is 2. The van der Waals surface area contributed by atoms with Gasteiger partial charge in [-0.2, -0.15) is 5.10 Å². The molecule has 0 radical (unpaired) electrons. The van der Waals surface area contributed by atoms with Gasteiger partial charge < -0.3 is 16.2 Å². The molecule has 0 aromatic heterocycles. The third kappa shape index (κ3) is 4.63. The van der Waals surface area contributed by atoms with Gasteiger partial charge in [0.05, 0.1) is 6.21 Å². The number of hydrogen-bond acceptors (Lipinski definition) is 3. The summed E-state index contributed by atoms with van der Waals surface area (Å²) in [6.45, 7) is 4.33. The van der Waals surface area contributed by atoms with E-state index in [1.54, 1.807) is 6.21 Å². The van der Waals surface area contributed by atoms with Gasteiger partial charge in [-0.05, 0) is 53.4 Å². The average Bonchev–Trinajstić information content (AvgIpc) is 2.49.